The van der Waals surface area contributed by atoms with Gasteiger partial charge in [-0.2, -0.15) is 4.31 Å². The molecule has 0 radical (unpaired) electrons. The first-order valence-corrected chi connectivity index (χ1v) is 11.7. The van der Waals surface area contributed by atoms with Gasteiger partial charge >= 0.3 is 0 Å². The molecule has 1 aromatic heterocycles. The van der Waals surface area contributed by atoms with Crippen LogP contribution in [0.25, 0.3) is 0 Å². The summed E-state index contributed by atoms with van der Waals surface area (Å²) < 4.78 is 27.6. The molecule has 1 saturated heterocycles. The largest absolute Gasteiger partial charge is 0.321 e. The highest BCUT2D eigenvalue weighted by Crippen LogP contribution is 2.29. The summed E-state index contributed by atoms with van der Waals surface area (Å²) in [6.45, 7) is 9.02. The Labute approximate surface area is 171 Å². The molecular weight excluding hydrogens is 394 g/mol. The number of piperidine rings is 1. The summed E-state index contributed by atoms with van der Waals surface area (Å²) in [4.78, 5) is 17.7. The number of carbonyl (C=O) groups is 1. The number of aromatic nitrogens is 1. The molecule has 0 bridgehead atoms. The smallest absolute Gasteiger partial charge is 0.267 e. The van der Waals surface area contributed by atoms with Crippen molar-refractivity contribution in [3.05, 3.63) is 39.8 Å². The zero-order chi connectivity index (χ0) is 20.5. The van der Waals surface area contributed by atoms with Crippen LogP contribution in [0.3, 0.4) is 0 Å². The van der Waals surface area contributed by atoms with E-state index in [2.05, 4.69) is 10.3 Å². The fraction of sp³-hybridized carbons (Fsp3) is 0.500. The van der Waals surface area contributed by atoms with Crippen molar-refractivity contribution >= 4 is 33.0 Å². The molecule has 1 aliphatic heterocycles. The van der Waals surface area contributed by atoms with E-state index in [9.17, 15) is 13.2 Å². The number of carbonyl (C=O) groups excluding carboxylic acids is 1. The maximum absolute atomic E-state index is 13.0. The van der Waals surface area contributed by atoms with Crippen molar-refractivity contribution in [2.24, 2.45) is 0 Å². The van der Waals surface area contributed by atoms with E-state index >= 15 is 0 Å². The maximum Gasteiger partial charge on any atom is 0.267 e. The monoisotopic (exact) mass is 421 g/mol. The summed E-state index contributed by atoms with van der Waals surface area (Å²) in [6, 6.07) is 5.02. The molecule has 1 aliphatic rings. The van der Waals surface area contributed by atoms with E-state index in [1.54, 1.807) is 35.6 Å². The summed E-state index contributed by atoms with van der Waals surface area (Å²) >= 11 is 1.35. The Morgan fingerprint density at radius 3 is 2.46 bits per heavy atom. The van der Waals surface area contributed by atoms with E-state index in [0.29, 0.717) is 29.2 Å². The highest BCUT2D eigenvalue weighted by molar-refractivity contribution is 7.89. The number of hydrogen-bond donors (Lipinski definition) is 1. The first kappa shape index (κ1) is 21.0. The van der Waals surface area contributed by atoms with Crippen molar-refractivity contribution in [2.45, 2.75) is 57.3 Å². The highest BCUT2D eigenvalue weighted by Gasteiger charge is 2.28. The van der Waals surface area contributed by atoms with E-state index in [4.69, 9.17) is 0 Å². The van der Waals surface area contributed by atoms with Crippen molar-refractivity contribution < 1.29 is 13.2 Å². The zero-order valence-corrected chi connectivity index (χ0v) is 18.4. The predicted octanol–water partition coefficient (Wildman–Crippen LogP) is 4.18. The van der Waals surface area contributed by atoms with Gasteiger partial charge in [-0.25, -0.2) is 13.4 Å². The molecule has 0 aliphatic carbocycles. The van der Waals surface area contributed by atoms with Crippen molar-refractivity contribution in [3.63, 3.8) is 0 Å². The second-order valence-corrected chi connectivity index (χ2v) is 11.1. The second kappa shape index (κ2) is 7.93. The van der Waals surface area contributed by atoms with Crippen LogP contribution in [0, 0.1) is 6.92 Å². The van der Waals surface area contributed by atoms with Crippen LogP contribution in [0.15, 0.2) is 29.3 Å². The van der Waals surface area contributed by atoms with Gasteiger partial charge in [0.05, 0.1) is 16.1 Å². The van der Waals surface area contributed by atoms with Gasteiger partial charge < -0.3 is 5.32 Å². The molecule has 0 saturated carbocycles. The number of anilines is 1. The van der Waals surface area contributed by atoms with Crippen LogP contribution in [0.1, 0.15) is 60.3 Å². The first-order valence-electron chi connectivity index (χ1n) is 9.47. The average Bonchev–Trinajstić information content (AvgIpc) is 3.15. The van der Waals surface area contributed by atoms with Gasteiger partial charge in [0.25, 0.3) is 5.91 Å². The van der Waals surface area contributed by atoms with Gasteiger partial charge in [-0.05, 0) is 37.5 Å². The first-order chi connectivity index (χ1) is 13.1. The van der Waals surface area contributed by atoms with Gasteiger partial charge in [0.15, 0.2) is 0 Å². The molecule has 2 heterocycles. The van der Waals surface area contributed by atoms with E-state index in [-0.39, 0.29) is 16.2 Å². The van der Waals surface area contributed by atoms with Crippen molar-refractivity contribution in [3.8, 4) is 0 Å². The number of aryl methyl sites for hydroxylation is 1. The van der Waals surface area contributed by atoms with Crippen molar-refractivity contribution in [1.29, 1.82) is 0 Å². The standard InChI is InChI=1S/C20H27N3O3S2/c1-14-8-9-15(12-17(14)28(25,26)23-10-6-5-7-11-23)22-18(24)16-13-21-19(27-16)20(2,3)4/h8-9,12-13H,5-7,10-11H2,1-4H3,(H,22,24). The SMILES string of the molecule is Cc1ccc(NC(=O)c2cnc(C(C)(C)C)s2)cc1S(=O)(=O)N1CCCCC1. The highest BCUT2D eigenvalue weighted by atomic mass is 32.2. The molecule has 6 nitrogen and oxygen atoms in total. The van der Waals surface area contributed by atoms with Gasteiger partial charge in [-0.1, -0.05) is 33.3 Å². The molecule has 8 heteroatoms. The Morgan fingerprint density at radius 2 is 1.86 bits per heavy atom. The minimum atomic E-state index is -3.56. The summed E-state index contributed by atoms with van der Waals surface area (Å²) in [7, 11) is -3.56. The molecule has 0 unspecified atom stereocenters. The second-order valence-electron chi connectivity index (χ2n) is 8.18. The normalized spacial score (nSPS) is 16.1. The third kappa shape index (κ3) is 4.45. The number of benzene rings is 1. The van der Waals surface area contributed by atoms with Crippen LogP contribution in [-0.4, -0.2) is 36.7 Å². The fourth-order valence-electron chi connectivity index (χ4n) is 3.12. The number of hydrogen-bond acceptors (Lipinski definition) is 5. The average molecular weight is 422 g/mol. The number of amides is 1. The van der Waals surface area contributed by atoms with Gasteiger partial charge in [-0.15, -0.1) is 11.3 Å². The summed E-state index contributed by atoms with van der Waals surface area (Å²) in [5.74, 6) is -0.279. The summed E-state index contributed by atoms with van der Waals surface area (Å²) in [6.07, 6.45) is 4.40. The van der Waals surface area contributed by atoms with Gasteiger partial charge in [0.2, 0.25) is 10.0 Å². The Hall–Kier alpha value is -1.77. The third-order valence-corrected chi connectivity index (χ3v) is 8.21. The topological polar surface area (TPSA) is 79.4 Å². The minimum absolute atomic E-state index is 0.122. The fourth-order valence-corrected chi connectivity index (χ4v) is 5.76. The Morgan fingerprint density at radius 1 is 1.18 bits per heavy atom. The predicted molar refractivity (Wildman–Crippen MR) is 113 cm³/mol. The summed E-state index contributed by atoms with van der Waals surface area (Å²) in [5, 5.41) is 3.70. The van der Waals surface area contributed by atoms with E-state index < -0.39 is 10.0 Å². The van der Waals surface area contributed by atoms with E-state index in [1.807, 2.05) is 20.8 Å². The number of nitrogens with one attached hydrogen (secondary N) is 1. The van der Waals surface area contributed by atoms with Crippen LogP contribution < -0.4 is 5.32 Å². The Bertz CT molecular complexity index is 969. The van der Waals surface area contributed by atoms with Crippen LogP contribution in [0.4, 0.5) is 5.69 Å². The Kier molecular flexibility index (Phi) is 5.93. The quantitative estimate of drug-likeness (QED) is 0.803. The maximum atomic E-state index is 13.0. The van der Waals surface area contributed by atoms with Crippen LogP contribution in [0.2, 0.25) is 0 Å². The number of nitrogens with zero attached hydrogens (tertiary/aromatic N) is 2. The molecule has 1 N–H and O–H groups in total. The lowest BCUT2D eigenvalue weighted by atomic mass is 9.98. The Balaban J connectivity index is 1.83. The minimum Gasteiger partial charge on any atom is -0.321 e. The van der Waals surface area contributed by atoms with Crippen LogP contribution in [-0.2, 0) is 15.4 Å². The number of sulfonamides is 1. The van der Waals surface area contributed by atoms with Crippen LogP contribution >= 0.6 is 11.3 Å². The van der Waals surface area contributed by atoms with Gasteiger partial charge in [0, 0.05) is 24.2 Å². The molecule has 28 heavy (non-hydrogen) atoms. The number of thiazole rings is 1. The molecule has 0 spiro atoms. The lowest BCUT2D eigenvalue weighted by Gasteiger charge is -2.26. The number of rotatable bonds is 4. The zero-order valence-electron chi connectivity index (χ0n) is 16.8. The van der Waals surface area contributed by atoms with Crippen molar-refractivity contribution in [2.75, 3.05) is 18.4 Å². The molecular formula is C20H27N3O3S2. The molecule has 1 fully saturated rings. The molecule has 152 valence electrons. The molecule has 0 atom stereocenters. The molecule has 3 rings (SSSR count). The molecule has 1 aromatic carbocycles. The van der Waals surface area contributed by atoms with E-state index in [1.165, 1.54) is 11.3 Å². The van der Waals surface area contributed by atoms with Gasteiger partial charge in [0.1, 0.15) is 4.88 Å². The van der Waals surface area contributed by atoms with E-state index in [0.717, 1.165) is 24.3 Å². The summed E-state index contributed by atoms with van der Waals surface area (Å²) in [5.41, 5.74) is 1.02. The molecule has 2 aromatic rings. The lowest BCUT2D eigenvalue weighted by Crippen LogP contribution is -2.36. The molecule has 1 amide bonds. The van der Waals surface area contributed by atoms with Gasteiger partial charge in [-0.3, -0.25) is 4.79 Å². The lowest BCUT2D eigenvalue weighted by molar-refractivity contribution is 0.103. The third-order valence-electron chi connectivity index (χ3n) is 4.75. The van der Waals surface area contributed by atoms with Crippen LogP contribution in [0.5, 0.6) is 0 Å². The van der Waals surface area contributed by atoms with Crippen molar-refractivity contribution in [1.82, 2.24) is 9.29 Å².